The minimum Gasteiger partial charge on any atom is -0.432 e. The number of carbonyl (C=O) groups excluding carboxylic acids is 1. The van der Waals surface area contributed by atoms with Crippen molar-refractivity contribution < 1.29 is 19.4 Å². The van der Waals surface area contributed by atoms with Gasteiger partial charge in [-0.25, -0.2) is 0 Å². The molecule has 0 bridgehead atoms. The lowest BCUT2D eigenvalue weighted by atomic mass is 9.77. The number of hydrogen-bond donors (Lipinski definition) is 1. The molecule has 2 rings (SSSR count). The molecule has 0 unspecified atom stereocenters. The number of ether oxygens (including phenoxy) is 2. The number of carbonyl (C=O) groups is 1. The predicted octanol–water partition coefficient (Wildman–Crippen LogP) is 2.27. The lowest BCUT2D eigenvalue weighted by molar-refractivity contribution is -0.136. The quantitative estimate of drug-likeness (QED) is 0.595. The minimum atomic E-state index is -0.523. The molecular weight excluding hydrogens is 300 g/mol. The summed E-state index contributed by atoms with van der Waals surface area (Å²) in [5, 5.41) is 9.92. The van der Waals surface area contributed by atoms with Crippen LogP contribution < -0.4 is 0 Å². The normalized spacial score (nSPS) is 37.9. The van der Waals surface area contributed by atoms with Crippen LogP contribution in [0.3, 0.4) is 0 Å². The average molecular weight is 317 g/mol. The zero-order chi connectivity index (χ0) is 13.5. The Labute approximate surface area is 115 Å². The number of rotatable bonds is 1. The molecule has 0 radical (unpaired) electrons. The third kappa shape index (κ3) is 2.39. The van der Waals surface area contributed by atoms with Gasteiger partial charge in [-0.15, -0.1) is 0 Å². The van der Waals surface area contributed by atoms with Crippen LogP contribution in [-0.4, -0.2) is 29.4 Å². The maximum atomic E-state index is 11.0. The third-order valence-electron chi connectivity index (χ3n) is 3.60. The molecule has 1 heterocycles. The average Bonchev–Trinajstić information content (AvgIpc) is 2.55. The molecule has 0 aromatic carbocycles. The van der Waals surface area contributed by atoms with Crippen LogP contribution in [0.5, 0.6) is 0 Å². The summed E-state index contributed by atoms with van der Waals surface area (Å²) >= 11 is 3.35. The number of fused-ring (bicyclic) bond motifs is 1. The summed E-state index contributed by atoms with van der Waals surface area (Å²) in [6, 6.07) is 0. The first-order valence-corrected chi connectivity index (χ1v) is 6.71. The van der Waals surface area contributed by atoms with Crippen LogP contribution in [0.15, 0.2) is 21.9 Å². The molecule has 0 amide bonds. The molecule has 100 valence electrons. The maximum absolute atomic E-state index is 11.0. The molecule has 0 saturated carbocycles. The van der Waals surface area contributed by atoms with Crippen molar-refractivity contribution in [2.24, 2.45) is 5.92 Å². The monoisotopic (exact) mass is 316 g/mol. The molecule has 1 fully saturated rings. The van der Waals surface area contributed by atoms with Crippen molar-refractivity contribution in [1.82, 2.24) is 0 Å². The summed E-state index contributed by atoms with van der Waals surface area (Å²) in [6.07, 6.45) is 1.95. The molecule has 1 saturated heterocycles. The molecule has 4 nitrogen and oxygen atoms in total. The summed E-state index contributed by atoms with van der Waals surface area (Å²) in [6.45, 7) is 5.57. The number of hydrogen-bond acceptors (Lipinski definition) is 4. The molecular formula is C13H17BrO4. The fourth-order valence-corrected chi connectivity index (χ4v) is 3.27. The molecule has 5 heteroatoms. The Morgan fingerprint density at radius 2 is 2.28 bits per heavy atom. The zero-order valence-corrected chi connectivity index (χ0v) is 12.3. The van der Waals surface area contributed by atoms with Gasteiger partial charge in [0.1, 0.15) is 5.76 Å². The molecule has 2 aliphatic rings. The first-order chi connectivity index (χ1) is 8.33. The van der Waals surface area contributed by atoms with E-state index in [1.165, 1.54) is 6.92 Å². The number of esters is 1. The van der Waals surface area contributed by atoms with Crippen LogP contribution >= 0.6 is 15.9 Å². The van der Waals surface area contributed by atoms with E-state index in [0.717, 1.165) is 10.1 Å². The van der Waals surface area contributed by atoms with Crippen LogP contribution in [0.25, 0.3) is 0 Å². The first kappa shape index (κ1) is 13.8. The Morgan fingerprint density at radius 3 is 2.89 bits per heavy atom. The second-order valence-corrected chi connectivity index (χ2v) is 5.90. The van der Waals surface area contributed by atoms with Crippen molar-refractivity contribution in [3.8, 4) is 0 Å². The van der Waals surface area contributed by atoms with Gasteiger partial charge in [0.05, 0.1) is 18.3 Å². The third-order valence-corrected chi connectivity index (χ3v) is 4.36. The van der Waals surface area contributed by atoms with Crippen LogP contribution in [0, 0.1) is 5.92 Å². The Kier molecular flexibility index (Phi) is 3.67. The van der Waals surface area contributed by atoms with E-state index in [1.807, 2.05) is 13.0 Å². The van der Waals surface area contributed by atoms with Gasteiger partial charge in [-0.3, -0.25) is 4.79 Å². The highest BCUT2D eigenvalue weighted by Crippen LogP contribution is 2.46. The van der Waals surface area contributed by atoms with E-state index in [1.54, 1.807) is 6.92 Å². The minimum absolute atomic E-state index is 0.0492. The first-order valence-electron chi connectivity index (χ1n) is 5.92. The summed E-state index contributed by atoms with van der Waals surface area (Å²) in [5.74, 6) is 0.310. The van der Waals surface area contributed by atoms with Gasteiger partial charge in [0, 0.05) is 22.9 Å². The summed E-state index contributed by atoms with van der Waals surface area (Å²) in [7, 11) is 0. The maximum Gasteiger partial charge on any atom is 0.307 e. The van der Waals surface area contributed by atoms with Crippen molar-refractivity contribution in [3.63, 3.8) is 0 Å². The topological polar surface area (TPSA) is 55.8 Å². The summed E-state index contributed by atoms with van der Waals surface area (Å²) in [5.41, 5.74) is 0.525. The van der Waals surface area contributed by atoms with Crippen LogP contribution in [-0.2, 0) is 14.3 Å². The van der Waals surface area contributed by atoms with Gasteiger partial charge < -0.3 is 14.6 Å². The second kappa shape index (κ2) is 4.79. The number of halogens is 1. The fourth-order valence-electron chi connectivity index (χ4n) is 2.63. The van der Waals surface area contributed by atoms with Gasteiger partial charge >= 0.3 is 5.97 Å². The van der Waals surface area contributed by atoms with Crippen LogP contribution in [0.2, 0.25) is 0 Å². The van der Waals surface area contributed by atoms with Crippen molar-refractivity contribution in [2.75, 3.05) is 6.61 Å². The van der Waals surface area contributed by atoms with Gasteiger partial charge in [0.2, 0.25) is 0 Å². The van der Waals surface area contributed by atoms with E-state index in [4.69, 9.17) is 9.47 Å². The largest absolute Gasteiger partial charge is 0.432 e. The van der Waals surface area contributed by atoms with E-state index >= 15 is 0 Å². The lowest BCUT2D eigenvalue weighted by Crippen LogP contribution is -2.37. The Morgan fingerprint density at radius 1 is 1.61 bits per heavy atom. The lowest BCUT2D eigenvalue weighted by Gasteiger charge is -2.34. The molecule has 1 aliphatic heterocycles. The molecule has 1 aliphatic carbocycles. The van der Waals surface area contributed by atoms with Crippen molar-refractivity contribution in [1.29, 1.82) is 0 Å². The summed E-state index contributed by atoms with van der Waals surface area (Å²) < 4.78 is 11.7. The van der Waals surface area contributed by atoms with Gasteiger partial charge in [-0.2, -0.15) is 0 Å². The molecule has 3 atom stereocenters. The second-order valence-electron chi connectivity index (χ2n) is 4.98. The highest BCUT2D eigenvalue weighted by Gasteiger charge is 2.47. The number of allylic oxidation sites excluding steroid dienone is 1. The zero-order valence-electron chi connectivity index (χ0n) is 10.7. The van der Waals surface area contributed by atoms with E-state index < -0.39 is 11.7 Å². The smallest absolute Gasteiger partial charge is 0.307 e. The molecule has 0 spiro atoms. The highest BCUT2D eigenvalue weighted by molar-refractivity contribution is 9.11. The predicted molar refractivity (Wildman–Crippen MR) is 69.9 cm³/mol. The Hall–Kier alpha value is -0.650. The van der Waals surface area contributed by atoms with Gasteiger partial charge in [0.15, 0.2) is 0 Å². The standard InChI is InChI=1S/C13H17BrO4/c1-7(18-8(2)15)9-6-17-13(3)5-11(14)12(16)4-10(9)13/h5,10,12,16H,4,6H2,1-3H3/b9-7+/t10-,12-,13-/m1/s1. The summed E-state index contributed by atoms with van der Waals surface area (Å²) in [4.78, 5) is 11.0. The van der Waals surface area contributed by atoms with E-state index in [0.29, 0.717) is 18.8 Å². The van der Waals surface area contributed by atoms with Crippen molar-refractivity contribution >= 4 is 21.9 Å². The molecule has 1 N–H and O–H groups in total. The van der Waals surface area contributed by atoms with E-state index in [2.05, 4.69) is 15.9 Å². The van der Waals surface area contributed by atoms with Crippen molar-refractivity contribution in [2.45, 2.75) is 38.9 Å². The van der Waals surface area contributed by atoms with Crippen LogP contribution in [0.4, 0.5) is 0 Å². The Bertz CT molecular complexity index is 440. The van der Waals surface area contributed by atoms with Crippen molar-refractivity contribution in [3.05, 3.63) is 21.9 Å². The molecule has 18 heavy (non-hydrogen) atoms. The highest BCUT2D eigenvalue weighted by atomic mass is 79.9. The van der Waals surface area contributed by atoms with E-state index in [-0.39, 0.29) is 11.9 Å². The molecule has 0 aromatic rings. The van der Waals surface area contributed by atoms with E-state index in [9.17, 15) is 9.90 Å². The van der Waals surface area contributed by atoms with Gasteiger partial charge in [-0.05, 0) is 26.3 Å². The van der Waals surface area contributed by atoms with Crippen LogP contribution in [0.1, 0.15) is 27.2 Å². The Balaban J connectivity index is 2.33. The molecule has 0 aromatic heterocycles. The van der Waals surface area contributed by atoms with Gasteiger partial charge in [-0.1, -0.05) is 15.9 Å². The number of aliphatic hydroxyl groups excluding tert-OH is 1. The van der Waals surface area contributed by atoms with Gasteiger partial charge in [0.25, 0.3) is 0 Å². The SMILES string of the molecule is CC(=O)O/C(C)=C1\CO[C@]2(C)C=C(Br)[C@H](O)C[C@H]12. The number of aliphatic hydroxyl groups is 1. The fraction of sp³-hybridized carbons (Fsp3) is 0.615.